The molecule has 0 saturated carbocycles. The second kappa shape index (κ2) is 11.0. The van der Waals surface area contributed by atoms with Gasteiger partial charge in [0, 0.05) is 0 Å². The molecule has 2 aliphatic heterocycles. The van der Waals surface area contributed by atoms with E-state index in [2.05, 4.69) is 0 Å². The van der Waals surface area contributed by atoms with E-state index >= 15 is 0 Å². The van der Waals surface area contributed by atoms with Gasteiger partial charge in [0.1, 0.15) is 30.0 Å². The van der Waals surface area contributed by atoms with Crippen LogP contribution in [-0.2, 0) is 15.1 Å². The average Bonchev–Trinajstić information content (AvgIpc) is 3.27. The van der Waals surface area contributed by atoms with Crippen molar-refractivity contribution in [3.8, 4) is 0 Å². The van der Waals surface area contributed by atoms with E-state index < -0.39 is 48.1 Å². The summed E-state index contributed by atoms with van der Waals surface area (Å²) in [4.78, 5) is 26.8. The lowest BCUT2D eigenvalue weighted by Gasteiger charge is -2.44. The maximum atomic E-state index is 13.0. The Hall–Kier alpha value is -4.18. The highest BCUT2D eigenvalue weighted by molar-refractivity contribution is 6.21. The van der Waals surface area contributed by atoms with Crippen molar-refractivity contribution in [2.24, 2.45) is 0 Å². The van der Waals surface area contributed by atoms with Crippen molar-refractivity contribution in [2.45, 2.75) is 36.2 Å². The standard InChI is InChI=1S/C33H29NO7/c35-28-26(41-32(39)27(29(28)36)34-30(37)24-18-10-11-19-25(24)31(34)38)20-40-33(21-12-4-1-5-13-21,22-14-6-2-7-15-22)23-16-8-3-9-17-23/h1-19,26-29,32,35-36,39H,20H2/t26-,27-,28-,29-,32-/m1/s1. The summed E-state index contributed by atoms with van der Waals surface area (Å²) in [5.41, 5.74) is 1.68. The number of hydrogen-bond donors (Lipinski definition) is 3. The molecule has 2 amide bonds. The highest BCUT2D eigenvalue weighted by atomic mass is 16.6. The summed E-state index contributed by atoms with van der Waals surface area (Å²) in [6.45, 7) is -0.233. The predicted octanol–water partition coefficient (Wildman–Crippen LogP) is 3.10. The van der Waals surface area contributed by atoms with Gasteiger partial charge < -0.3 is 24.8 Å². The van der Waals surface area contributed by atoms with E-state index in [1.165, 1.54) is 12.1 Å². The fourth-order valence-electron chi connectivity index (χ4n) is 5.80. The summed E-state index contributed by atoms with van der Waals surface area (Å²) in [7, 11) is 0. The predicted molar refractivity (Wildman–Crippen MR) is 149 cm³/mol. The molecule has 0 aliphatic carbocycles. The first-order valence-electron chi connectivity index (χ1n) is 13.4. The van der Waals surface area contributed by atoms with Crippen molar-refractivity contribution in [1.29, 1.82) is 0 Å². The van der Waals surface area contributed by atoms with Crippen molar-refractivity contribution in [3.05, 3.63) is 143 Å². The molecule has 208 valence electrons. The minimum Gasteiger partial charge on any atom is -0.388 e. The molecular formula is C33H29NO7. The quantitative estimate of drug-likeness (QED) is 0.239. The molecule has 41 heavy (non-hydrogen) atoms. The van der Waals surface area contributed by atoms with E-state index in [0.29, 0.717) is 0 Å². The molecule has 0 bridgehead atoms. The summed E-state index contributed by atoms with van der Waals surface area (Å²) in [6, 6.07) is 33.6. The second-order valence-electron chi connectivity index (χ2n) is 10.2. The molecule has 1 saturated heterocycles. The third-order valence-corrected chi connectivity index (χ3v) is 7.82. The summed E-state index contributed by atoms with van der Waals surface area (Å²) >= 11 is 0. The van der Waals surface area contributed by atoms with Crippen LogP contribution in [0.3, 0.4) is 0 Å². The molecular weight excluding hydrogens is 522 g/mol. The number of fused-ring (bicyclic) bond motifs is 1. The maximum Gasteiger partial charge on any atom is 0.262 e. The topological polar surface area (TPSA) is 117 Å². The van der Waals surface area contributed by atoms with Crippen molar-refractivity contribution in [1.82, 2.24) is 4.90 Å². The van der Waals surface area contributed by atoms with Crippen LogP contribution >= 0.6 is 0 Å². The third-order valence-electron chi connectivity index (χ3n) is 7.82. The summed E-state index contributed by atoms with van der Waals surface area (Å²) in [6.07, 6.45) is -6.20. The molecule has 6 rings (SSSR count). The first-order valence-corrected chi connectivity index (χ1v) is 13.4. The van der Waals surface area contributed by atoms with Crippen LogP contribution in [0.1, 0.15) is 37.4 Å². The minimum atomic E-state index is -1.76. The van der Waals surface area contributed by atoms with Crippen LogP contribution in [0.5, 0.6) is 0 Å². The normalized spacial score (nSPS) is 24.4. The van der Waals surface area contributed by atoms with Gasteiger partial charge >= 0.3 is 0 Å². The van der Waals surface area contributed by atoms with E-state index in [0.717, 1.165) is 21.6 Å². The van der Waals surface area contributed by atoms with Gasteiger partial charge in [-0.3, -0.25) is 14.5 Å². The van der Waals surface area contributed by atoms with Crippen molar-refractivity contribution >= 4 is 11.8 Å². The van der Waals surface area contributed by atoms with E-state index in [1.54, 1.807) is 12.1 Å². The monoisotopic (exact) mass is 551 g/mol. The second-order valence-corrected chi connectivity index (χ2v) is 10.2. The average molecular weight is 552 g/mol. The third kappa shape index (κ3) is 4.56. The highest BCUT2D eigenvalue weighted by Gasteiger charge is 2.53. The van der Waals surface area contributed by atoms with E-state index in [9.17, 15) is 24.9 Å². The van der Waals surface area contributed by atoms with Crippen molar-refractivity contribution < 1.29 is 34.4 Å². The van der Waals surface area contributed by atoms with Crippen LogP contribution in [0, 0.1) is 0 Å². The first kappa shape index (κ1) is 27.0. The summed E-state index contributed by atoms with van der Waals surface area (Å²) < 4.78 is 12.5. The molecule has 3 N–H and O–H groups in total. The molecule has 4 aromatic rings. The zero-order chi connectivity index (χ0) is 28.6. The van der Waals surface area contributed by atoms with Gasteiger partial charge in [0.05, 0.1) is 17.7 Å². The molecule has 0 aromatic heterocycles. The van der Waals surface area contributed by atoms with E-state index in [-0.39, 0.29) is 17.7 Å². The zero-order valence-electron chi connectivity index (χ0n) is 22.0. The fourth-order valence-corrected chi connectivity index (χ4v) is 5.80. The number of aliphatic hydroxyl groups excluding tert-OH is 3. The fraction of sp³-hybridized carbons (Fsp3) is 0.212. The number of carbonyl (C=O) groups is 2. The van der Waals surface area contributed by atoms with Gasteiger partial charge in [-0.05, 0) is 28.8 Å². The Kier molecular flexibility index (Phi) is 7.25. The Labute approximate surface area is 237 Å². The van der Waals surface area contributed by atoms with Crippen LogP contribution in [0.2, 0.25) is 0 Å². The number of rotatable bonds is 7. The molecule has 8 nitrogen and oxygen atoms in total. The number of ether oxygens (including phenoxy) is 2. The molecule has 5 atom stereocenters. The zero-order valence-corrected chi connectivity index (χ0v) is 22.0. The van der Waals surface area contributed by atoms with Gasteiger partial charge in [-0.1, -0.05) is 103 Å². The van der Waals surface area contributed by atoms with Crippen LogP contribution < -0.4 is 0 Å². The maximum absolute atomic E-state index is 13.0. The van der Waals surface area contributed by atoms with Gasteiger partial charge in [0.25, 0.3) is 11.8 Å². The number of benzene rings is 4. The number of hydrogen-bond acceptors (Lipinski definition) is 7. The molecule has 0 unspecified atom stereocenters. The lowest BCUT2D eigenvalue weighted by Crippen LogP contribution is -2.65. The van der Waals surface area contributed by atoms with Gasteiger partial charge in [0.2, 0.25) is 0 Å². The molecule has 2 heterocycles. The summed E-state index contributed by atoms with van der Waals surface area (Å²) in [5.74, 6) is -1.34. The Balaban J connectivity index is 1.31. The largest absolute Gasteiger partial charge is 0.388 e. The van der Waals surface area contributed by atoms with E-state index in [1.807, 2.05) is 91.0 Å². The van der Waals surface area contributed by atoms with Gasteiger partial charge in [-0.25, -0.2) is 0 Å². The van der Waals surface area contributed by atoms with Crippen LogP contribution in [0.25, 0.3) is 0 Å². The van der Waals surface area contributed by atoms with Crippen LogP contribution in [0.15, 0.2) is 115 Å². The molecule has 0 radical (unpaired) electrons. The van der Waals surface area contributed by atoms with Gasteiger partial charge in [0.15, 0.2) is 6.29 Å². The number of carbonyl (C=O) groups excluding carboxylic acids is 2. The Morgan fingerprint density at radius 3 is 1.49 bits per heavy atom. The molecule has 0 spiro atoms. The highest BCUT2D eigenvalue weighted by Crippen LogP contribution is 2.41. The Morgan fingerprint density at radius 2 is 1.05 bits per heavy atom. The van der Waals surface area contributed by atoms with Crippen LogP contribution in [-0.4, -0.2) is 69.3 Å². The molecule has 1 fully saturated rings. The minimum absolute atomic E-state index is 0.162. The number of nitrogens with zero attached hydrogens (tertiary/aromatic N) is 1. The molecule has 2 aliphatic rings. The van der Waals surface area contributed by atoms with Crippen molar-refractivity contribution in [2.75, 3.05) is 6.61 Å². The number of aliphatic hydroxyl groups is 3. The van der Waals surface area contributed by atoms with Gasteiger partial charge in [-0.2, -0.15) is 0 Å². The summed E-state index contributed by atoms with van der Waals surface area (Å²) in [5, 5.41) is 33.3. The first-order chi connectivity index (χ1) is 19.9. The van der Waals surface area contributed by atoms with E-state index in [4.69, 9.17) is 9.47 Å². The smallest absolute Gasteiger partial charge is 0.262 e. The van der Waals surface area contributed by atoms with Gasteiger partial charge in [-0.15, -0.1) is 0 Å². The van der Waals surface area contributed by atoms with Crippen LogP contribution in [0.4, 0.5) is 0 Å². The number of amides is 2. The Bertz CT molecular complexity index is 1400. The SMILES string of the molecule is O=C1c2ccccc2C(=O)N1[C@@H]1[C@@H](O)[C@H](O)[C@@H](COC(c2ccccc2)(c2ccccc2)c2ccccc2)O[C@H]1O. The lowest BCUT2D eigenvalue weighted by molar-refractivity contribution is -0.270. The van der Waals surface area contributed by atoms with Crippen molar-refractivity contribution in [3.63, 3.8) is 0 Å². The number of imide groups is 1. The molecule has 8 heteroatoms. The lowest BCUT2D eigenvalue weighted by atomic mass is 9.80. The molecule has 4 aromatic carbocycles. The Morgan fingerprint density at radius 1 is 0.634 bits per heavy atom.